The number of nitrogens with zero attached hydrogens (tertiary/aromatic N) is 2. The highest BCUT2D eigenvalue weighted by molar-refractivity contribution is 5.83. The third kappa shape index (κ3) is 3.80. The van der Waals surface area contributed by atoms with Gasteiger partial charge in [0.1, 0.15) is 11.8 Å². The standard InChI is InChI=1S/C14H22N4O6/c1-7(2)14(3,16-13(20)9-5-11(9)18(23)24)6-15-12(19)8-4-10(8)17(21)22/h7-11H,4-6H2,1-3H3,(H,15,19)(H,16,20). The van der Waals surface area contributed by atoms with Gasteiger partial charge in [0.15, 0.2) is 0 Å². The van der Waals surface area contributed by atoms with Gasteiger partial charge in [-0.15, -0.1) is 0 Å². The summed E-state index contributed by atoms with van der Waals surface area (Å²) in [5.74, 6) is -2.07. The summed E-state index contributed by atoms with van der Waals surface area (Å²) in [5.41, 5.74) is -0.782. The van der Waals surface area contributed by atoms with Crippen LogP contribution in [0, 0.1) is 38.0 Å². The van der Waals surface area contributed by atoms with Gasteiger partial charge in [0.05, 0.1) is 5.54 Å². The van der Waals surface area contributed by atoms with Crippen LogP contribution in [0.2, 0.25) is 0 Å². The highest BCUT2D eigenvalue weighted by Gasteiger charge is 2.55. The third-order valence-corrected chi connectivity index (χ3v) is 5.04. The highest BCUT2D eigenvalue weighted by Crippen LogP contribution is 2.35. The number of hydrogen-bond donors (Lipinski definition) is 2. The van der Waals surface area contributed by atoms with Gasteiger partial charge in [0.2, 0.25) is 23.9 Å². The molecule has 2 aliphatic rings. The number of nitro groups is 2. The second-order valence-corrected chi connectivity index (χ2v) is 7.17. The maximum absolute atomic E-state index is 12.2. The van der Waals surface area contributed by atoms with Crippen molar-refractivity contribution in [3.63, 3.8) is 0 Å². The molecule has 0 aromatic rings. The first-order valence-electron chi connectivity index (χ1n) is 7.93. The van der Waals surface area contributed by atoms with Gasteiger partial charge in [0.25, 0.3) is 0 Å². The molecule has 0 aromatic heterocycles. The second kappa shape index (κ2) is 6.33. The fourth-order valence-electron chi connectivity index (χ4n) is 2.56. The van der Waals surface area contributed by atoms with Crippen LogP contribution in [0.3, 0.4) is 0 Å². The Labute approximate surface area is 138 Å². The van der Waals surface area contributed by atoms with Crippen molar-refractivity contribution in [2.24, 2.45) is 17.8 Å². The van der Waals surface area contributed by atoms with Crippen molar-refractivity contribution in [1.82, 2.24) is 10.6 Å². The van der Waals surface area contributed by atoms with E-state index < -0.39 is 51.1 Å². The van der Waals surface area contributed by atoms with Crippen LogP contribution in [0.1, 0.15) is 33.6 Å². The summed E-state index contributed by atoms with van der Waals surface area (Å²) in [6.07, 6.45) is 0.460. The molecular formula is C14H22N4O6. The number of amides is 2. The Bertz CT molecular complexity index is 580. The number of nitrogens with one attached hydrogen (secondary N) is 2. The van der Waals surface area contributed by atoms with Crippen molar-refractivity contribution in [3.8, 4) is 0 Å². The zero-order valence-corrected chi connectivity index (χ0v) is 13.9. The predicted molar refractivity (Wildman–Crippen MR) is 82.2 cm³/mol. The summed E-state index contributed by atoms with van der Waals surface area (Å²) in [7, 11) is 0. The minimum absolute atomic E-state index is 0.0416. The van der Waals surface area contributed by atoms with Gasteiger partial charge in [-0.3, -0.25) is 29.8 Å². The van der Waals surface area contributed by atoms with Crippen LogP contribution < -0.4 is 10.6 Å². The van der Waals surface area contributed by atoms with E-state index in [0.29, 0.717) is 0 Å². The van der Waals surface area contributed by atoms with E-state index in [4.69, 9.17) is 0 Å². The first-order valence-corrected chi connectivity index (χ1v) is 7.93. The molecule has 2 saturated carbocycles. The molecule has 5 atom stereocenters. The molecule has 0 bridgehead atoms. The lowest BCUT2D eigenvalue weighted by Crippen LogP contribution is -2.57. The van der Waals surface area contributed by atoms with E-state index in [1.807, 2.05) is 13.8 Å². The van der Waals surface area contributed by atoms with E-state index in [0.717, 1.165) is 0 Å². The first-order chi connectivity index (χ1) is 11.1. The number of hydrogen-bond acceptors (Lipinski definition) is 6. The van der Waals surface area contributed by atoms with E-state index in [1.54, 1.807) is 6.92 Å². The smallest absolute Gasteiger partial charge is 0.230 e. The van der Waals surface area contributed by atoms with Crippen molar-refractivity contribution in [2.45, 2.75) is 51.2 Å². The Kier molecular flexibility index (Phi) is 4.77. The van der Waals surface area contributed by atoms with Crippen LogP contribution >= 0.6 is 0 Å². The zero-order chi connectivity index (χ0) is 18.2. The molecule has 0 heterocycles. The van der Waals surface area contributed by atoms with E-state index in [1.165, 1.54) is 0 Å². The lowest BCUT2D eigenvalue weighted by molar-refractivity contribution is -0.497. The molecular weight excluding hydrogens is 320 g/mol. The predicted octanol–water partition coefficient (Wildman–Crippen LogP) is -0.0361. The quantitative estimate of drug-likeness (QED) is 0.468. The van der Waals surface area contributed by atoms with E-state index in [-0.39, 0.29) is 25.3 Å². The minimum Gasteiger partial charge on any atom is -0.353 e. The third-order valence-electron chi connectivity index (χ3n) is 5.04. The summed E-state index contributed by atoms with van der Waals surface area (Å²) in [6, 6.07) is -1.65. The molecule has 0 aromatic carbocycles. The summed E-state index contributed by atoms with van der Waals surface area (Å²) in [5, 5.41) is 26.7. The summed E-state index contributed by atoms with van der Waals surface area (Å²) in [4.78, 5) is 44.5. The summed E-state index contributed by atoms with van der Waals surface area (Å²) >= 11 is 0. The lowest BCUT2D eigenvalue weighted by atomic mass is 9.88. The molecule has 0 spiro atoms. The normalized spacial score (nSPS) is 30.2. The topological polar surface area (TPSA) is 144 Å². The van der Waals surface area contributed by atoms with Crippen LogP contribution in [0.4, 0.5) is 0 Å². The van der Waals surface area contributed by atoms with Crippen molar-refractivity contribution in [2.75, 3.05) is 6.54 Å². The van der Waals surface area contributed by atoms with Crippen LogP contribution in [0.25, 0.3) is 0 Å². The molecule has 24 heavy (non-hydrogen) atoms. The molecule has 10 heteroatoms. The van der Waals surface area contributed by atoms with E-state index in [2.05, 4.69) is 10.6 Å². The Morgan fingerprint density at radius 2 is 1.54 bits per heavy atom. The SMILES string of the molecule is CC(C)C(C)(CNC(=O)C1CC1[N+](=O)[O-])NC(=O)C1CC1[N+](=O)[O-]. The van der Waals surface area contributed by atoms with Crippen LogP contribution in [-0.2, 0) is 9.59 Å². The van der Waals surface area contributed by atoms with Crippen molar-refractivity contribution >= 4 is 11.8 Å². The van der Waals surface area contributed by atoms with Crippen LogP contribution in [-0.4, -0.2) is 45.8 Å². The maximum atomic E-state index is 12.2. The first kappa shape index (κ1) is 18.1. The van der Waals surface area contributed by atoms with Crippen LogP contribution in [0.15, 0.2) is 0 Å². The molecule has 2 aliphatic carbocycles. The molecule has 0 saturated heterocycles. The molecule has 2 fully saturated rings. The Morgan fingerprint density at radius 1 is 1.08 bits per heavy atom. The van der Waals surface area contributed by atoms with E-state index in [9.17, 15) is 29.8 Å². The zero-order valence-electron chi connectivity index (χ0n) is 13.9. The Balaban J connectivity index is 1.88. The fraction of sp³-hybridized carbons (Fsp3) is 0.857. The Hall–Kier alpha value is -2.26. The van der Waals surface area contributed by atoms with Gasteiger partial charge in [-0.25, -0.2) is 0 Å². The number of rotatable bonds is 8. The van der Waals surface area contributed by atoms with Gasteiger partial charge in [-0.05, 0) is 12.8 Å². The highest BCUT2D eigenvalue weighted by atomic mass is 16.6. The summed E-state index contributed by atoms with van der Waals surface area (Å²) in [6.45, 7) is 5.59. The van der Waals surface area contributed by atoms with Gasteiger partial charge in [-0.2, -0.15) is 0 Å². The molecule has 2 N–H and O–H groups in total. The fourth-order valence-corrected chi connectivity index (χ4v) is 2.56. The lowest BCUT2D eigenvalue weighted by Gasteiger charge is -2.35. The van der Waals surface area contributed by atoms with Crippen molar-refractivity contribution in [1.29, 1.82) is 0 Å². The molecule has 5 unspecified atom stereocenters. The molecule has 2 rings (SSSR count). The minimum atomic E-state index is -0.830. The average Bonchev–Trinajstić information content (AvgIpc) is 3.36. The number of carbonyl (C=O) groups is 2. The van der Waals surface area contributed by atoms with Crippen LogP contribution in [0.5, 0.6) is 0 Å². The van der Waals surface area contributed by atoms with Gasteiger partial charge >= 0.3 is 0 Å². The second-order valence-electron chi connectivity index (χ2n) is 7.17. The van der Waals surface area contributed by atoms with E-state index >= 15 is 0 Å². The van der Waals surface area contributed by atoms with Crippen molar-refractivity contribution < 1.29 is 19.4 Å². The molecule has 134 valence electrons. The van der Waals surface area contributed by atoms with Gasteiger partial charge in [-0.1, -0.05) is 13.8 Å². The molecule has 2 amide bonds. The molecule has 10 nitrogen and oxygen atoms in total. The molecule has 0 radical (unpaired) electrons. The Morgan fingerprint density at radius 3 is 1.92 bits per heavy atom. The van der Waals surface area contributed by atoms with Crippen molar-refractivity contribution in [3.05, 3.63) is 20.2 Å². The molecule has 0 aliphatic heterocycles. The number of carbonyl (C=O) groups excluding carboxylic acids is 2. The average molecular weight is 342 g/mol. The summed E-state index contributed by atoms with van der Waals surface area (Å²) < 4.78 is 0. The van der Waals surface area contributed by atoms with Gasteiger partial charge < -0.3 is 10.6 Å². The maximum Gasteiger partial charge on any atom is 0.230 e. The largest absolute Gasteiger partial charge is 0.353 e. The monoisotopic (exact) mass is 342 g/mol. The van der Waals surface area contributed by atoms with Gasteiger partial charge in [0, 0.05) is 29.2 Å².